The molecule has 0 saturated heterocycles. The molecule has 31 rings (SSSR count). The third-order valence-corrected chi connectivity index (χ3v) is 32.8. The van der Waals surface area contributed by atoms with Gasteiger partial charge in [0, 0.05) is 111 Å². The Kier molecular flexibility index (Phi) is 19.4. The predicted molar refractivity (Wildman–Crippen MR) is 593 cm³/mol. The van der Waals surface area contributed by atoms with E-state index in [2.05, 4.69) is 488 Å². The zero-order valence-corrected chi connectivity index (χ0v) is 83.0. The monoisotopic (exact) mass is 1880 g/mol. The summed E-state index contributed by atoms with van der Waals surface area (Å²) in [5, 5.41) is 4.98. The number of nitrogens with zero attached hydrogens (tertiary/aromatic N) is 1. The van der Waals surface area contributed by atoms with Crippen LogP contribution in [0.1, 0.15) is 148 Å². The van der Waals surface area contributed by atoms with E-state index < -0.39 is 5.79 Å². The van der Waals surface area contributed by atoms with Crippen LogP contribution in [-0.2, 0) is 0 Å². The molecule has 0 N–H and O–H groups in total. The van der Waals surface area contributed by atoms with Crippen molar-refractivity contribution in [3.05, 3.63) is 560 Å². The average molecular weight is 1880 g/mol. The Bertz CT molecular complexity index is 9080. The Hall–Kier alpha value is -17.1. The highest BCUT2D eigenvalue weighted by Crippen LogP contribution is 2.69. The molecule has 0 saturated carbocycles. The van der Waals surface area contributed by atoms with Gasteiger partial charge in [-0.05, 0) is 217 Å². The molecule has 0 amide bonds. The highest BCUT2D eigenvalue weighted by molar-refractivity contribution is 6.41. The summed E-state index contributed by atoms with van der Waals surface area (Å²) in [6.45, 7) is 22.7. The fourth-order valence-corrected chi connectivity index (χ4v) is 26.4. The van der Waals surface area contributed by atoms with Crippen LogP contribution in [-0.4, -0.2) is 11.5 Å². The molecular formula is C139H103NO6. The molecule has 4 aromatic heterocycles. The lowest BCUT2D eigenvalue weighted by Gasteiger charge is -2.51. The minimum atomic E-state index is -1.02. The van der Waals surface area contributed by atoms with Gasteiger partial charge in [0.25, 0.3) is 5.79 Å². The first-order valence-corrected chi connectivity index (χ1v) is 51.2. The average Bonchev–Trinajstić information content (AvgIpc) is 1.48. The molecule has 13 aromatic carbocycles. The van der Waals surface area contributed by atoms with Gasteiger partial charge >= 0.3 is 0 Å². The smallest absolute Gasteiger partial charge is 0.290 e. The van der Waals surface area contributed by atoms with E-state index in [0.717, 1.165) is 102 Å². The van der Waals surface area contributed by atoms with Gasteiger partial charge in [-0.1, -0.05) is 410 Å². The SMILES string of the molecule is CC1(C)C2=C(c3ccccc3)C=C(c3ccccc3)C2=NC2=C(c3ccccc3)C=C(c3ccccc3)C21.Cc1ccc(-c2cc3c(o2)C=C2C=C4C=c5oc(-c6ccc(C)cc6)cc5=C4C(C)(C)C23)cc1.Cc1ccc(-c2cc3c(o2)C=C2C=C4C=c5oc(-c6ccc(C)cc6)cc5=C4C(C)(C)C23)cc1.c1ccc(C2=C3C4=C(c5ccccc5OC45Oc4ccccc4C4=c6ccccc6=C2C45)c2ccccc23)cc1. The van der Waals surface area contributed by atoms with E-state index >= 15 is 0 Å². The number of aryl methyl sites for hydroxylation is 4. The van der Waals surface area contributed by atoms with Crippen LogP contribution in [0.15, 0.2) is 456 Å². The summed E-state index contributed by atoms with van der Waals surface area (Å²) in [5.74, 6) is 7.03. The maximum absolute atomic E-state index is 7.24. The Balaban J connectivity index is 0.0000000945. The fourth-order valence-electron chi connectivity index (χ4n) is 26.4. The number of ether oxygens (including phenoxy) is 2. The van der Waals surface area contributed by atoms with Gasteiger partial charge in [-0.3, -0.25) is 4.99 Å². The number of para-hydroxylation sites is 2. The number of furan rings is 4. The first-order valence-electron chi connectivity index (χ1n) is 51.2. The molecule has 146 heavy (non-hydrogen) atoms. The van der Waals surface area contributed by atoms with Crippen LogP contribution in [0.2, 0.25) is 0 Å². The Labute approximate surface area is 849 Å². The van der Waals surface area contributed by atoms with Crippen LogP contribution in [0.25, 0.3) is 131 Å². The number of fused-ring (bicyclic) bond motifs is 20. The van der Waals surface area contributed by atoms with Gasteiger partial charge in [-0.15, -0.1) is 0 Å². The molecule has 7 nitrogen and oxygen atoms in total. The van der Waals surface area contributed by atoms with E-state index in [-0.39, 0.29) is 39.9 Å². The second-order valence-electron chi connectivity index (χ2n) is 42.8. The zero-order chi connectivity index (χ0) is 98.1. The van der Waals surface area contributed by atoms with Gasteiger partial charge in [0.05, 0.1) is 22.9 Å². The standard InChI is InChI=1S/C38H22O2.C37H29N.2C32H26O2/c1-2-12-22(13-3-1)31-34-25-16-6-4-14-23(25)32-27-18-8-10-20-29(27)39-38(36(32)34)37-33(28-19-9-11-21-30(28)40-38)24-15-5-7-17-26(24)35(31)37;1-37(2)33-29(25-15-7-3-8-16-25)23-31(27-19-11-5-12-20-27)35(33)38-36-32(28-21-13-6-14-22-28)24-30(34(36)37)26-17-9-4-10-18-26;2*1-18-5-9-20(10-6-18)26-16-24-28(33-26)14-22-13-23-15-29-25(31(23)32(3,4)30(22)24)17-27(34-29)21-11-7-19(2)8-12-21/h1-21,36H;3-24,33H,1-2H3;2*5-17,30H,1-4H3. The largest absolute Gasteiger partial charge is 0.456 e. The molecule has 11 aliphatic carbocycles. The van der Waals surface area contributed by atoms with Gasteiger partial charge in [0.2, 0.25) is 0 Å². The zero-order valence-electron chi connectivity index (χ0n) is 83.0. The normalized spacial score (nSPS) is 20.0. The van der Waals surface area contributed by atoms with Crippen LogP contribution in [0, 0.1) is 55.8 Å². The summed E-state index contributed by atoms with van der Waals surface area (Å²) in [5.41, 5.74) is 48.7. The van der Waals surface area contributed by atoms with Gasteiger partial charge in [-0.25, -0.2) is 0 Å². The van der Waals surface area contributed by atoms with Crippen LogP contribution in [0.3, 0.4) is 0 Å². The summed E-state index contributed by atoms with van der Waals surface area (Å²) in [4.78, 5) is 5.59. The van der Waals surface area contributed by atoms with Gasteiger partial charge in [0.15, 0.2) is 0 Å². The van der Waals surface area contributed by atoms with Crippen molar-refractivity contribution in [1.29, 1.82) is 0 Å². The second kappa shape index (κ2) is 32.7. The highest BCUT2D eigenvalue weighted by atomic mass is 16.7. The Morgan fingerprint density at radius 2 is 0.644 bits per heavy atom. The topological polar surface area (TPSA) is 83.4 Å². The molecule has 17 aromatic rings. The number of hydrogen-bond donors (Lipinski definition) is 0. The first kappa shape index (κ1) is 86.7. The van der Waals surface area contributed by atoms with Crippen LogP contribution in [0.5, 0.6) is 11.5 Å². The van der Waals surface area contributed by atoms with Crippen molar-refractivity contribution < 1.29 is 27.1 Å². The van der Waals surface area contributed by atoms with Crippen LogP contribution < -0.4 is 41.2 Å². The number of benzene rings is 13. The lowest BCUT2D eigenvalue weighted by molar-refractivity contribution is -0.0985. The lowest BCUT2D eigenvalue weighted by atomic mass is 9.63. The van der Waals surface area contributed by atoms with Gasteiger partial charge < -0.3 is 27.1 Å². The van der Waals surface area contributed by atoms with Crippen molar-refractivity contribution in [3.8, 4) is 56.8 Å². The van der Waals surface area contributed by atoms with Crippen molar-refractivity contribution >= 4 is 91.3 Å². The second-order valence-corrected chi connectivity index (χ2v) is 42.8. The van der Waals surface area contributed by atoms with E-state index in [4.69, 9.17) is 32.1 Å². The van der Waals surface area contributed by atoms with Crippen molar-refractivity contribution in [2.24, 2.45) is 33.1 Å². The van der Waals surface area contributed by atoms with E-state index in [9.17, 15) is 0 Å². The van der Waals surface area contributed by atoms with E-state index in [1.807, 2.05) is 0 Å². The minimum absolute atomic E-state index is 0.0915. The van der Waals surface area contributed by atoms with Crippen LogP contribution in [0.4, 0.5) is 0 Å². The third kappa shape index (κ3) is 13.3. The van der Waals surface area contributed by atoms with Gasteiger partial charge in [-0.2, -0.15) is 0 Å². The lowest BCUT2D eigenvalue weighted by Crippen LogP contribution is -2.56. The molecule has 7 heteroatoms. The summed E-state index contributed by atoms with van der Waals surface area (Å²) in [6.07, 6.45) is 18.3. The van der Waals surface area contributed by atoms with E-state index in [1.165, 1.54) is 188 Å². The Morgan fingerprint density at radius 3 is 1.12 bits per heavy atom. The molecule has 700 valence electrons. The molecule has 5 atom stereocenters. The molecule has 0 bridgehead atoms. The van der Waals surface area contributed by atoms with Crippen molar-refractivity contribution in [3.63, 3.8) is 0 Å². The summed E-state index contributed by atoms with van der Waals surface area (Å²) in [6, 6.07) is 132. The quantitative estimate of drug-likeness (QED) is 0.143. The predicted octanol–water partition coefficient (Wildman–Crippen LogP) is 29.6. The van der Waals surface area contributed by atoms with Crippen molar-refractivity contribution in [1.82, 2.24) is 0 Å². The highest BCUT2D eigenvalue weighted by Gasteiger charge is 2.65. The molecule has 3 aliphatic heterocycles. The number of rotatable bonds is 9. The molecule has 14 aliphatic rings. The van der Waals surface area contributed by atoms with Crippen molar-refractivity contribution in [2.75, 3.05) is 0 Å². The Morgan fingerprint density at radius 1 is 0.260 bits per heavy atom. The first-order chi connectivity index (χ1) is 71.2. The summed E-state index contributed by atoms with van der Waals surface area (Å²) in [7, 11) is 0. The number of aliphatic imine (C=N–C) groups is 1. The fraction of sp³-hybridized carbons (Fsp3) is 0.129. The summed E-state index contributed by atoms with van der Waals surface area (Å²) >= 11 is 0. The molecule has 0 fully saturated rings. The molecule has 1 spiro atoms. The van der Waals surface area contributed by atoms with Crippen molar-refractivity contribution in [2.45, 2.75) is 86.9 Å². The maximum atomic E-state index is 7.24. The molecule has 5 unspecified atom stereocenters. The summed E-state index contributed by atoms with van der Waals surface area (Å²) < 4.78 is 39.9. The molecule has 7 heterocycles. The number of allylic oxidation sites excluding steroid dienone is 14. The molecular weight excluding hydrogens is 1780 g/mol. The van der Waals surface area contributed by atoms with Gasteiger partial charge in [0.1, 0.15) is 56.9 Å². The van der Waals surface area contributed by atoms with E-state index in [1.54, 1.807) is 0 Å². The molecule has 0 radical (unpaired) electrons. The number of hydrogen-bond acceptors (Lipinski definition) is 7. The van der Waals surface area contributed by atoms with E-state index in [0.29, 0.717) is 0 Å². The maximum Gasteiger partial charge on any atom is 0.290 e. The third-order valence-electron chi connectivity index (χ3n) is 32.8. The minimum Gasteiger partial charge on any atom is -0.456 e. The van der Waals surface area contributed by atoms with Crippen LogP contribution >= 0.6 is 0 Å².